The zero-order valence-corrected chi connectivity index (χ0v) is 15.4. The van der Waals surface area contributed by atoms with Crippen molar-refractivity contribution in [3.05, 3.63) is 53.6 Å². The maximum absolute atomic E-state index is 8.99. The van der Waals surface area contributed by atoms with Crippen LogP contribution in [0, 0.1) is 0 Å². The summed E-state index contributed by atoms with van der Waals surface area (Å²) < 4.78 is 5.03. The van der Waals surface area contributed by atoms with E-state index in [0.717, 1.165) is 24.0 Å². The van der Waals surface area contributed by atoms with Gasteiger partial charge in [0.15, 0.2) is 0 Å². The lowest BCUT2D eigenvalue weighted by Crippen LogP contribution is -2.21. The summed E-state index contributed by atoms with van der Waals surface area (Å²) in [6, 6.07) is 14.6. The molecule has 0 saturated carbocycles. The second-order valence-electron chi connectivity index (χ2n) is 6.48. The molecule has 0 bridgehead atoms. The molecule has 0 aliphatic rings. The molecule has 0 saturated heterocycles. The highest BCUT2D eigenvalue weighted by atomic mass is 16.6. The Morgan fingerprint density at radius 3 is 2.16 bits per heavy atom. The van der Waals surface area contributed by atoms with Gasteiger partial charge in [0.25, 0.3) is 0 Å². The largest absolute Gasteiger partial charge is 0.707 e. The molecule has 0 aliphatic carbocycles. The minimum absolute atomic E-state index is 0.518. The molecule has 0 atom stereocenters. The van der Waals surface area contributed by atoms with Crippen LogP contribution in [0.1, 0.15) is 57.1 Å². The van der Waals surface area contributed by atoms with Gasteiger partial charge < -0.3 is 14.7 Å². The van der Waals surface area contributed by atoms with Gasteiger partial charge in [-0.2, -0.15) is 0 Å². The topological polar surface area (TPSA) is 49.7 Å². The second-order valence-corrected chi connectivity index (χ2v) is 6.48. The molecule has 2 N–H and O–H groups in total. The van der Waals surface area contributed by atoms with E-state index in [1.54, 1.807) is 6.07 Å². The Hall–Kier alpha value is -1.78. The first-order valence-electron chi connectivity index (χ1n) is 9.39. The summed E-state index contributed by atoms with van der Waals surface area (Å²) >= 11 is 0. The van der Waals surface area contributed by atoms with Crippen molar-refractivity contribution < 1.29 is 14.7 Å². The van der Waals surface area contributed by atoms with Crippen LogP contribution in [0.5, 0.6) is 5.75 Å². The van der Waals surface area contributed by atoms with Crippen LogP contribution in [0.15, 0.2) is 42.5 Å². The van der Waals surface area contributed by atoms with Crippen LogP contribution < -0.4 is 4.65 Å². The van der Waals surface area contributed by atoms with Crippen molar-refractivity contribution in [3.8, 4) is 16.9 Å². The van der Waals surface area contributed by atoms with E-state index in [1.807, 2.05) is 13.0 Å². The van der Waals surface area contributed by atoms with E-state index >= 15 is 0 Å². The third kappa shape index (κ3) is 6.22. The first kappa shape index (κ1) is 19.5. The van der Waals surface area contributed by atoms with Gasteiger partial charge in [0.05, 0.1) is 0 Å². The molecular weight excluding hydrogens is 311 g/mol. The second kappa shape index (κ2) is 10.3. The molecule has 134 valence electrons. The molecule has 0 unspecified atom stereocenters. The predicted molar refractivity (Wildman–Crippen MR) is 105 cm³/mol. The van der Waals surface area contributed by atoms with Crippen LogP contribution in [-0.4, -0.2) is 17.4 Å². The van der Waals surface area contributed by atoms with E-state index in [2.05, 4.69) is 37.3 Å². The Labute approximate surface area is 151 Å². The maximum Gasteiger partial charge on any atom is 0.707 e. The summed E-state index contributed by atoms with van der Waals surface area (Å²) in [6.45, 7) is 4.27. The number of rotatable bonds is 10. The van der Waals surface area contributed by atoms with Crippen molar-refractivity contribution in [2.75, 3.05) is 0 Å². The Kier molecular flexibility index (Phi) is 8.03. The fraction of sp³-hybridized carbons (Fsp3) is 0.429. The van der Waals surface area contributed by atoms with Crippen molar-refractivity contribution in [2.45, 2.75) is 58.8 Å². The average Bonchev–Trinajstić information content (AvgIpc) is 2.62. The molecule has 0 aliphatic heterocycles. The Morgan fingerprint density at radius 1 is 0.840 bits per heavy atom. The zero-order chi connectivity index (χ0) is 18.1. The molecule has 0 spiro atoms. The molecule has 0 heterocycles. The lowest BCUT2D eigenvalue weighted by molar-refractivity contribution is 0.287. The molecule has 25 heavy (non-hydrogen) atoms. The third-order valence-electron chi connectivity index (χ3n) is 4.53. The van der Waals surface area contributed by atoms with Crippen LogP contribution in [0.2, 0.25) is 0 Å². The van der Waals surface area contributed by atoms with Gasteiger partial charge in [-0.05, 0) is 53.6 Å². The van der Waals surface area contributed by atoms with Gasteiger partial charge in [0.2, 0.25) is 0 Å². The zero-order valence-electron chi connectivity index (χ0n) is 15.4. The van der Waals surface area contributed by atoms with E-state index in [1.165, 1.54) is 43.2 Å². The van der Waals surface area contributed by atoms with E-state index in [0.29, 0.717) is 5.75 Å². The van der Waals surface area contributed by atoms with Crippen LogP contribution in [0.3, 0.4) is 0 Å². The summed E-state index contributed by atoms with van der Waals surface area (Å²) in [7, 11) is -1.78. The van der Waals surface area contributed by atoms with E-state index in [4.69, 9.17) is 14.7 Å². The SMILES string of the molecule is CCCCCCCc1ccc(-c2ccc(OB(O)O)c(CC)c2)cc1. The van der Waals surface area contributed by atoms with Gasteiger partial charge in [-0.3, -0.25) is 0 Å². The Bertz CT molecular complexity index is 638. The molecule has 3 nitrogen and oxygen atoms in total. The first-order chi connectivity index (χ1) is 12.1. The molecule has 2 rings (SSSR count). The van der Waals surface area contributed by atoms with Crippen molar-refractivity contribution in [1.82, 2.24) is 0 Å². The van der Waals surface area contributed by atoms with Gasteiger partial charge in [-0.1, -0.05) is 69.9 Å². The minimum atomic E-state index is -1.78. The molecule has 2 aromatic carbocycles. The van der Waals surface area contributed by atoms with Crippen molar-refractivity contribution in [3.63, 3.8) is 0 Å². The highest BCUT2D eigenvalue weighted by molar-refractivity contribution is 6.33. The number of benzene rings is 2. The fourth-order valence-corrected chi connectivity index (χ4v) is 3.06. The van der Waals surface area contributed by atoms with Crippen LogP contribution in [0.4, 0.5) is 0 Å². The smallest absolute Gasteiger partial charge is 0.512 e. The Balaban J connectivity index is 2.01. The highest BCUT2D eigenvalue weighted by Gasteiger charge is 2.14. The molecule has 2 aromatic rings. The number of unbranched alkanes of at least 4 members (excludes halogenated alkanes) is 4. The highest BCUT2D eigenvalue weighted by Crippen LogP contribution is 2.28. The normalized spacial score (nSPS) is 10.7. The molecule has 0 radical (unpaired) electrons. The number of aryl methyl sites for hydroxylation is 2. The van der Waals surface area contributed by atoms with Gasteiger partial charge >= 0.3 is 7.32 Å². The summed E-state index contributed by atoms with van der Waals surface area (Å²) in [5.41, 5.74) is 4.64. The maximum atomic E-state index is 8.99. The van der Waals surface area contributed by atoms with E-state index in [9.17, 15) is 0 Å². The predicted octanol–water partition coefficient (Wildman–Crippen LogP) is 4.78. The standard InChI is InChI=1S/C21H29BO3/c1-3-5-6-7-8-9-17-10-12-19(13-11-17)20-14-15-21(25-22(23)24)18(4-2)16-20/h10-16,23-24H,3-9H2,1-2H3. The summed E-state index contributed by atoms with van der Waals surface area (Å²) in [6.07, 6.45) is 8.45. The van der Waals surface area contributed by atoms with E-state index in [-0.39, 0.29) is 0 Å². The molecular formula is C21H29BO3. The Morgan fingerprint density at radius 2 is 1.52 bits per heavy atom. The minimum Gasteiger partial charge on any atom is -0.512 e. The van der Waals surface area contributed by atoms with Crippen LogP contribution >= 0.6 is 0 Å². The molecule has 0 fully saturated rings. The van der Waals surface area contributed by atoms with Crippen molar-refractivity contribution >= 4 is 7.32 Å². The van der Waals surface area contributed by atoms with Gasteiger partial charge in [0.1, 0.15) is 5.75 Å². The lowest BCUT2D eigenvalue weighted by Gasteiger charge is -2.12. The number of hydrogen-bond donors (Lipinski definition) is 2. The fourth-order valence-electron chi connectivity index (χ4n) is 3.06. The lowest BCUT2D eigenvalue weighted by atomic mass is 9.98. The molecule has 0 amide bonds. The quantitative estimate of drug-likeness (QED) is 0.483. The van der Waals surface area contributed by atoms with Crippen LogP contribution in [-0.2, 0) is 12.8 Å². The summed E-state index contributed by atoms with van der Waals surface area (Å²) in [5, 5.41) is 18.0. The molecule has 4 heteroatoms. The summed E-state index contributed by atoms with van der Waals surface area (Å²) in [5.74, 6) is 0.518. The summed E-state index contributed by atoms with van der Waals surface area (Å²) in [4.78, 5) is 0. The van der Waals surface area contributed by atoms with Crippen molar-refractivity contribution in [2.24, 2.45) is 0 Å². The van der Waals surface area contributed by atoms with Gasteiger partial charge in [0, 0.05) is 0 Å². The first-order valence-corrected chi connectivity index (χ1v) is 9.39. The van der Waals surface area contributed by atoms with Crippen LogP contribution in [0.25, 0.3) is 11.1 Å². The van der Waals surface area contributed by atoms with Crippen molar-refractivity contribution in [1.29, 1.82) is 0 Å². The average molecular weight is 340 g/mol. The van der Waals surface area contributed by atoms with Gasteiger partial charge in [-0.15, -0.1) is 0 Å². The molecule has 0 aromatic heterocycles. The third-order valence-corrected chi connectivity index (χ3v) is 4.53. The van der Waals surface area contributed by atoms with E-state index < -0.39 is 7.32 Å². The number of hydrogen-bond acceptors (Lipinski definition) is 3. The van der Waals surface area contributed by atoms with Gasteiger partial charge in [-0.25, -0.2) is 0 Å². The monoisotopic (exact) mass is 340 g/mol.